The van der Waals surface area contributed by atoms with Crippen LogP contribution in [0.2, 0.25) is 0 Å². The van der Waals surface area contributed by atoms with E-state index < -0.39 is 0 Å². The van der Waals surface area contributed by atoms with Gasteiger partial charge in [-0.2, -0.15) is 5.10 Å². The second kappa shape index (κ2) is 2.54. The topological polar surface area (TPSA) is 30.7 Å². The molecule has 0 spiro atoms. The summed E-state index contributed by atoms with van der Waals surface area (Å²) in [7, 11) is 1.94. The van der Waals surface area contributed by atoms with Gasteiger partial charge in [0, 0.05) is 24.0 Å². The number of aromatic nitrogens is 3. The zero-order valence-corrected chi connectivity index (χ0v) is 7.81. The Kier molecular flexibility index (Phi) is 1.36. The summed E-state index contributed by atoms with van der Waals surface area (Å²) in [5.41, 5.74) is 2.05. The van der Waals surface area contributed by atoms with Crippen LogP contribution in [0.25, 0.3) is 21.8 Å². The summed E-state index contributed by atoms with van der Waals surface area (Å²) < 4.78 is 1.87. The highest BCUT2D eigenvalue weighted by molar-refractivity contribution is 6.02. The highest BCUT2D eigenvalue weighted by Gasteiger charge is 2.04. The zero-order chi connectivity index (χ0) is 9.54. The molecule has 2 aromatic heterocycles. The molecular weight excluding hydrogens is 174 g/mol. The molecule has 14 heavy (non-hydrogen) atoms. The summed E-state index contributed by atoms with van der Waals surface area (Å²) >= 11 is 0. The van der Waals surface area contributed by atoms with Crippen molar-refractivity contribution in [3.05, 3.63) is 36.7 Å². The number of fused-ring (bicyclic) bond motifs is 3. The number of aryl methyl sites for hydroxylation is 1. The minimum atomic E-state index is 0.950. The fourth-order valence-corrected chi connectivity index (χ4v) is 1.80. The smallest absolute Gasteiger partial charge is 0.109 e. The predicted molar refractivity (Wildman–Crippen MR) is 56.0 cm³/mol. The van der Waals surface area contributed by atoms with Gasteiger partial charge in [0.25, 0.3) is 0 Å². The maximum atomic E-state index is 4.35. The standard InChI is InChI=1S/C11H9N3/c1-14-11-9-5-3-2-4-8(9)6-12-10(11)7-13-14/h2-7H,1H3. The van der Waals surface area contributed by atoms with E-state index in [1.165, 1.54) is 5.39 Å². The number of rotatable bonds is 0. The molecule has 2 heterocycles. The van der Waals surface area contributed by atoms with Crippen LogP contribution in [0.4, 0.5) is 0 Å². The number of hydrogen-bond donors (Lipinski definition) is 0. The van der Waals surface area contributed by atoms with Gasteiger partial charge in [0.05, 0.1) is 11.7 Å². The van der Waals surface area contributed by atoms with Crippen molar-refractivity contribution >= 4 is 21.8 Å². The number of hydrogen-bond acceptors (Lipinski definition) is 2. The lowest BCUT2D eigenvalue weighted by atomic mass is 10.1. The van der Waals surface area contributed by atoms with E-state index in [-0.39, 0.29) is 0 Å². The molecule has 1 aromatic carbocycles. The average Bonchev–Trinajstić information content (AvgIpc) is 2.61. The molecule has 3 rings (SSSR count). The lowest BCUT2D eigenvalue weighted by Crippen LogP contribution is -1.90. The molecule has 3 aromatic rings. The molecule has 3 nitrogen and oxygen atoms in total. The molecule has 0 amide bonds. The fraction of sp³-hybridized carbons (Fsp3) is 0.0909. The first-order valence-corrected chi connectivity index (χ1v) is 4.52. The molecule has 68 valence electrons. The first-order valence-electron chi connectivity index (χ1n) is 4.52. The molecule has 0 aliphatic heterocycles. The van der Waals surface area contributed by atoms with Gasteiger partial charge in [0.1, 0.15) is 5.52 Å². The van der Waals surface area contributed by atoms with Crippen molar-refractivity contribution in [2.24, 2.45) is 7.05 Å². The van der Waals surface area contributed by atoms with Crippen LogP contribution in [-0.2, 0) is 7.05 Å². The van der Waals surface area contributed by atoms with Crippen LogP contribution in [0.3, 0.4) is 0 Å². The Morgan fingerprint density at radius 2 is 2.00 bits per heavy atom. The van der Waals surface area contributed by atoms with Crippen molar-refractivity contribution in [3.8, 4) is 0 Å². The summed E-state index contributed by atoms with van der Waals surface area (Å²) in [4.78, 5) is 4.35. The van der Waals surface area contributed by atoms with Gasteiger partial charge in [0.15, 0.2) is 0 Å². The lowest BCUT2D eigenvalue weighted by Gasteiger charge is -1.99. The molecule has 0 bridgehead atoms. The molecule has 0 aliphatic rings. The molecule has 0 atom stereocenters. The molecule has 0 N–H and O–H groups in total. The summed E-state index contributed by atoms with van der Waals surface area (Å²) in [6, 6.07) is 8.22. The number of nitrogens with zero attached hydrogens (tertiary/aromatic N) is 3. The van der Waals surface area contributed by atoms with Crippen molar-refractivity contribution in [3.63, 3.8) is 0 Å². The van der Waals surface area contributed by atoms with Gasteiger partial charge >= 0.3 is 0 Å². The second-order valence-corrected chi connectivity index (χ2v) is 3.35. The molecule has 0 fully saturated rings. The van der Waals surface area contributed by atoms with Crippen LogP contribution >= 0.6 is 0 Å². The molecule has 0 aliphatic carbocycles. The molecule has 0 saturated carbocycles. The molecular formula is C11H9N3. The van der Waals surface area contributed by atoms with Crippen molar-refractivity contribution in [1.29, 1.82) is 0 Å². The van der Waals surface area contributed by atoms with Gasteiger partial charge < -0.3 is 0 Å². The van der Waals surface area contributed by atoms with Crippen LogP contribution in [0.1, 0.15) is 0 Å². The minimum Gasteiger partial charge on any atom is -0.266 e. The van der Waals surface area contributed by atoms with Gasteiger partial charge in [-0.1, -0.05) is 24.3 Å². The molecule has 3 heteroatoms. The highest BCUT2D eigenvalue weighted by Crippen LogP contribution is 2.21. The number of pyridine rings is 1. The lowest BCUT2D eigenvalue weighted by molar-refractivity contribution is 0.799. The van der Waals surface area contributed by atoms with E-state index >= 15 is 0 Å². The van der Waals surface area contributed by atoms with Crippen LogP contribution < -0.4 is 0 Å². The van der Waals surface area contributed by atoms with Crippen LogP contribution in [-0.4, -0.2) is 14.8 Å². The van der Waals surface area contributed by atoms with Gasteiger partial charge in [0.2, 0.25) is 0 Å². The Hall–Kier alpha value is -1.90. The SMILES string of the molecule is Cn1ncc2ncc3ccccc3c21. The quantitative estimate of drug-likeness (QED) is 0.534. The maximum absolute atomic E-state index is 4.35. The summed E-state index contributed by atoms with van der Waals surface area (Å²) in [5, 5.41) is 6.56. The summed E-state index contributed by atoms with van der Waals surface area (Å²) in [6.07, 6.45) is 3.68. The Labute approximate surface area is 81.0 Å². The third kappa shape index (κ3) is 0.865. The zero-order valence-electron chi connectivity index (χ0n) is 7.81. The third-order valence-corrected chi connectivity index (χ3v) is 2.48. The molecule has 0 unspecified atom stereocenters. The Bertz CT molecular complexity index is 610. The van der Waals surface area contributed by atoms with Gasteiger partial charge in [-0.05, 0) is 0 Å². The van der Waals surface area contributed by atoms with E-state index in [0.29, 0.717) is 0 Å². The first-order chi connectivity index (χ1) is 6.86. The van der Waals surface area contributed by atoms with Crippen molar-refractivity contribution in [2.45, 2.75) is 0 Å². The second-order valence-electron chi connectivity index (χ2n) is 3.35. The van der Waals surface area contributed by atoms with E-state index in [9.17, 15) is 0 Å². The van der Waals surface area contributed by atoms with Crippen LogP contribution in [0.5, 0.6) is 0 Å². The van der Waals surface area contributed by atoms with E-state index in [4.69, 9.17) is 0 Å². The average molecular weight is 183 g/mol. The Balaban J connectivity index is 2.65. The van der Waals surface area contributed by atoms with E-state index in [1.54, 1.807) is 6.20 Å². The van der Waals surface area contributed by atoms with Crippen molar-refractivity contribution in [2.75, 3.05) is 0 Å². The van der Waals surface area contributed by atoms with Gasteiger partial charge in [-0.3, -0.25) is 9.67 Å². The summed E-state index contributed by atoms with van der Waals surface area (Å²) in [5.74, 6) is 0. The molecule has 0 saturated heterocycles. The van der Waals surface area contributed by atoms with E-state index in [1.807, 2.05) is 30.1 Å². The van der Waals surface area contributed by atoms with Crippen molar-refractivity contribution < 1.29 is 0 Å². The van der Waals surface area contributed by atoms with E-state index in [0.717, 1.165) is 16.4 Å². The van der Waals surface area contributed by atoms with Crippen molar-refractivity contribution in [1.82, 2.24) is 14.8 Å². The predicted octanol–water partition coefficient (Wildman–Crippen LogP) is 2.12. The maximum Gasteiger partial charge on any atom is 0.109 e. The third-order valence-electron chi connectivity index (χ3n) is 2.48. The van der Waals surface area contributed by atoms with Crippen LogP contribution in [0.15, 0.2) is 36.7 Å². The van der Waals surface area contributed by atoms with Crippen LogP contribution in [0, 0.1) is 0 Å². The monoisotopic (exact) mass is 183 g/mol. The normalized spacial score (nSPS) is 11.2. The minimum absolute atomic E-state index is 0.950. The van der Waals surface area contributed by atoms with Gasteiger partial charge in [-0.25, -0.2) is 0 Å². The fourth-order valence-electron chi connectivity index (χ4n) is 1.80. The first kappa shape index (κ1) is 7.50. The van der Waals surface area contributed by atoms with Gasteiger partial charge in [-0.15, -0.1) is 0 Å². The molecule has 0 radical (unpaired) electrons. The largest absolute Gasteiger partial charge is 0.266 e. The van der Waals surface area contributed by atoms with E-state index in [2.05, 4.69) is 22.2 Å². The Morgan fingerprint density at radius 1 is 1.14 bits per heavy atom. The Morgan fingerprint density at radius 3 is 2.93 bits per heavy atom. The highest BCUT2D eigenvalue weighted by atomic mass is 15.3. The number of benzene rings is 1. The summed E-state index contributed by atoms with van der Waals surface area (Å²) in [6.45, 7) is 0.